The molecule has 2 rings (SSSR count). The van der Waals surface area contributed by atoms with Crippen molar-refractivity contribution in [2.24, 2.45) is 5.84 Å². The summed E-state index contributed by atoms with van der Waals surface area (Å²) in [6.45, 7) is 4.25. The van der Waals surface area contributed by atoms with Gasteiger partial charge in [0.2, 0.25) is 5.91 Å². The van der Waals surface area contributed by atoms with Crippen LogP contribution in [0.1, 0.15) is 35.7 Å². The van der Waals surface area contributed by atoms with Gasteiger partial charge in [0.1, 0.15) is 0 Å². The van der Waals surface area contributed by atoms with E-state index in [-0.39, 0.29) is 17.9 Å². The Balaban J connectivity index is 1.89. The Morgan fingerprint density at radius 3 is 2.67 bits per heavy atom. The molecular weight excluding hydrogens is 268 g/mol. The molecule has 0 atom stereocenters. The predicted octanol–water partition coefficient (Wildman–Crippen LogP) is 0.391. The second-order valence-electron chi connectivity index (χ2n) is 5.42. The Labute approximate surface area is 124 Å². The molecule has 1 saturated heterocycles. The number of piperidine rings is 1. The average molecular weight is 290 g/mol. The van der Waals surface area contributed by atoms with E-state index in [0.717, 1.165) is 38.0 Å². The van der Waals surface area contributed by atoms with Crippen molar-refractivity contribution < 1.29 is 9.59 Å². The summed E-state index contributed by atoms with van der Waals surface area (Å²) in [4.78, 5) is 24.9. The largest absolute Gasteiger partial charge is 0.354 e. The number of carbonyl (C=O) groups excluding carboxylic acids is 2. The van der Waals surface area contributed by atoms with Gasteiger partial charge in [0.05, 0.1) is 0 Å². The van der Waals surface area contributed by atoms with Crippen molar-refractivity contribution in [1.29, 1.82) is 0 Å². The molecule has 1 aliphatic heterocycles. The summed E-state index contributed by atoms with van der Waals surface area (Å²) in [7, 11) is 0. The predicted molar refractivity (Wildman–Crippen MR) is 80.2 cm³/mol. The summed E-state index contributed by atoms with van der Waals surface area (Å²) in [6.07, 6.45) is 1.92. The highest BCUT2D eigenvalue weighted by Gasteiger charge is 2.19. The summed E-state index contributed by atoms with van der Waals surface area (Å²) in [5, 5.41) is 2.97. The molecule has 0 spiro atoms. The van der Waals surface area contributed by atoms with E-state index in [9.17, 15) is 9.59 Å². The van der Waals surface area contributed by atoms with Crippen LogP contribution in [0.5, 0.6) is 0 Å². The molecule has 0 saturated carbocycles. The van der Waals surface area contributed by atoms with Gasteiger partial charge in [0.25, 0.3) is 5.91 Å². The van der Waals surface area contributed by atoms with Crippen molar-refractivity contribution >= 4 is 11.8 Å². The number of rotatable bonds is 4. The quantitative estimate of drug-likeness (QED) is 0.425. The number of amides is 2. The number of hydrogen-bond donors (Lipinski definition) is 3. The average Bonchev–Trinajstić information content (AvgIpc) is 2.48. The SMILES string of the molecule is CC(=O)NC1CCN(Cc2cccc(C(=O)NN)c2)CC1. The zero-order valence-corrected chi connectivity index (χ0v) is 12.3. The van der Waals surface area contributed by atoms with Gasteiger partial charge in [-0.15, -0.1) is 0 Å². The van der Waals surface area contributed by atoms with Gasteiger partial charge in [0.15, 0.2) is 0 Å². The lowest BCUT2D eigenvalue weighted by atomic mass is 10.0. The second-order valence-corrected chi connectivity index (χ2v) is 5.42. The Bertz CT molecular complexity index is 510. The highest BCUT2D eigenvalue weighted by Crippen LogP contribution is 2.15. The number of hydrogen-bond acceptors (Lipinski definition) is 4. The molecule has 1 fully saturated rings. The second kappa shape index (κ2) is 7.19. The lowest BCUT2D eigenvalue weighted by molar-refractivity contribution is -0.119. The summed E-state index contributed by atoms with van der Waals surface area (Å²) in [5.74, 6) is 4.91. The molecule has 0 radical (unpaired) electrons. The lowest BCUT2D eigenvalue weighted by Crippen LogP contribution is -2.43. The topological polar surface area (TPSA) is 87.5 Å². The van der Waals surface area contributed by atoms with Gasteiger partial charge >= 0.3 is 0 Å². The molecule has 6 nitrogen and oxygen atoms in total. The minimum absolute atomic E-state index is 0.0361. The molecule has 1 aliphatic rings. The van der Waals surface area contributed by atoms with E-state index in [4.69, 9.17) is 5.84 Å². The molecule has 2 amide bonds. The van der Waals surface area contributed by atoms with Crippen LogP contribution < -0.4 is 16.6 Å². The number of nitrogen functional groups attached to an aromatic ring is 1. The monoisotopic (exact) mass is 290 g/mol. The normalized spacial score (nSPS) is 16.5. The van der Waals surface area contributed by atoms with E-state index in [1.54, 1.807) is 13.0 Å². The standard InChI is InChI=1S/C15H22N4O2/c1-11(20)17-14-5-7-19(8-6-14)10-12-3-2-4-13(9-12)15(21)18-16/h2-4,9,14H,5-8,10,16H2,1H3,(H,17,20)(H,18,21). The van der Waals surface area contributed by atoms with E-state index in [2.05, 4.69) is 15.6 Å². The fraction of sp³-hybridized carbons (Fsp3) is 0.467. The van der Waals surface area contributed by atoms with Crippen molar-refractivity contribution in [2.45, 2.75) is 32.4 Å². The van der Waals surface area contributed by atoms with E-state index >= 15 is 0 Å². The Morgan fingerprint density at radius 2 is 2.05 bits per heavy atom. The van der Waals surface area contributed by atoms with E-state index in [1.165, 1.54) is 0 Å². The molecule has 0 bridgehead atoms. The first-order valence-electron chi connectivity index (χ1n) is 7.18. The van der Waals surface area contributed by atoms with E-state index < -0.39 is 0 Å². The first-order chi connectivity index (χ1) is 10.1. The number of nitrogens with one attached hydrogen (secondary N) is 2. The van der Waals surface area contributed by atoms with Crippen LogP contribution in [0.3, 0.4) is 0 Å². The zero-order chi connectivity index (χ0) is 15.2. The van der Waals surface area contributed by atoms with Crippen LogP contribution in [0.25, 0.3) is 0 Å². The van der Waals surface area contributed by atoms with Gasteiger partial charge in [-0.1, -0.05) is 12.1 Å². The minimum atomic E-state index is -0.277. The van der Waals surface area contributed by atoms with Crippen molar-refractivity contribution in [3.63, 3.8) is 0 Å². The number of likely N-dealkylation sites (tertiary alicyclic amines) is 1. The summed E-state index contributed by atoms with van der Waals surface area (Å²) in [6, 6.07) is 7.77. The van der Waals surface area contributed by atoms with Crippen molar-refractivity contribution in [1.82, 2.24) is 15.6 Å². The summed E-state index contributed by atoms with van der Waals surface area (Å²) < 4.78 is 0. The van der Waals surface area contributed by atoms with Gasteiger partial charge in [-0.05, 0) is 30.5 Å². The molecule has 1 heterocycles. The van der Waals surface area contributed by atoms with Crippen LogP contribution in [0, 0.1) is 0 Å². The van der Waals surface area contributed by atoms with E-state index in [1.807, 2.05) is 18.2 Å². The maximum atomic E-state index is 11.5. The van der Waals surface area contributed by atoms with Crippen LogP contribution >= 0.6 is 0 Å². The maximum absolute atomic E-state index is 11.5. The van der Waals surface area contributed by atoms with Crippen molar-refractivity contribution in [2.75, 3.05) is 13.1 Å². The molecular formula is C15H22N4O2. The number of nitrogens with zero attached hydrogens (tertiary/aromatic N) is 1. The summed E-state index contributed by atoms with van der Waals surface area (Å²) >= 11 is 0. The first kappa shape index (κ1) is 15.5. The molecule has 21 heavy (non-hydrogen) atoms. The van der Waals surface area contributed by atoms with Crippen LogP contribution in [-0.4, -0.2) is 35.8 Å². The van der Waals surface area contributed by atoms with Gasteiger partial charge in [-0.3, -0.25) is 19.9 Å². The van der Waals surface area contributed by atoms with Gasteiger partial charge in [-0.25, -0.2) is 5.84 Å². The molecule has 4 N–H and O–H groups in total. The first-order valence-corrected chi connectivity index (χ1v) is 7.18. The zero-order valence-electron chi connectivity index (χ0n) is 12.3. The number of hydrazine groups is 1. The van der Waals surface area contributed by atoms with Gasteiger partial charge in [-0.2, -0.15) is 0 Å². The number of carbonyl (C=O) groups is 2. The lowest BCUT2D eigenvalue weighted by Gasteiger charge is -2.32. The van der Waals surface area contributed by atoms with E-state index in [0.29, 0.717) is 5.56 Å². The van der Waals surface area contributed by atoms with Crippen molar-refractivity contribution in [3.05, 3.63) is 35.4 Å². The van der Waals surface area contributed by atoms with Gasteiger partial charge < -0.3 is 5.32 Å². The Hall–Kier alpha value is -1.92. The molecule has 6 heteroatoms. The maximum Gasteiger partial charge on any atom is 0.265 e. The van der Waals surface area contributed by atoms with Crippen LogP contribution in [0.15, 0.2) is 24.3 Å². The van der Waals surface area contributed by atoms with Crippen molar-refractivity contribution in [3.8, 4) is 0 Å². The number of nitrogens with two attached hydrogens (primary N) is 1. The molecule has 0 aliphatic carbocycles. The Morgan fingerprint density at radius 1 is 1.33 bits per heavy atom. The molecule has 1 aromatic rings. The van der Waals surface area contributed by atoms with Crippen LogP contribution in [0.4, 0.5) is 0 Å². The fourth-order valence-corrected chi connectivity index (χ4v) is 2.68. The highest BCUT2D eigenvalue weighted by molar-refractivity contribution is 5.93. The van der Waals surface area contributed by atoms with Crippen LogP contribution in [-0.2, 0) is 11.3 Å². The highest BCUT2D eigenvalue weighted by atomic mass is 16.2. The molecule has 114 valence electrons. The number of benzene rings is 1. The smallest absolute Gasteiger partial charge is 0.265 e. The van der Waals surface area contributed by atoms with Crippen LogP contribution in [0.2, 0.25) is 0 Å². The minimum Gasteiger partial charge on any atom is -0.354 e. The molecule has 0 aromatic heterocycles. The third-order valence-electron chi connectivity index (χ3n) is 3.72. The summed E-state index contributed by atoms with van der Waals surface area (Å²) in [5.41, 5.74) is 3.81. The third-order valence-corrected chi connectivity index (χ3v) is 3.72. The molecule has 1 aromatic carbocycles. The molecule has 0 unspecified atom stereocenters. The Kier molecular flexibility index (Phi) is 5.30. The third kappa shape index (κ3) is 4.54. The van der Waals surface area contributed by atoms with Gasteiger partial charge in [0, 0.05) is 38.2 Å². The fourth-order valence-electron chi connectivity index (χ4n) is 2.68.